The summed E-state index contributed by atoms with van der Waals surface area (Å²) in [5.41, 5.74) is 13.3. The smallest absolute Gasteiger partial charge is 0.332 e. The summed E-state index contributed by atoms with van der Waals surface area (Å²) in [6.07, 6.45) is 0. The van der Waals surface area contributed by atoms with Gasteiger partial charge in [-0.1, -0.05) is 0 Å². The summed E-state index contributed by atoms with van der Waals surface area (Å²) < 4.78 is 9.33. The molecule has 0 saturated carbocycles. The van der Waals surface area contributed by atoms with E-state index >= 15 is 0 Å². The molecule has 0 bridgehead atoms. The lowest BCUT2D eigenvalue weighted by molar-refractivity contribution is -0.138. The van der Waals surface area contributed by atoms with E-state index in [1.165, 1.54) is 6.92 Å². The molecule has 0 spiro atoms. The van der Waals surface area contributed by atoms with E-state index in [4.69, 9.17) is 15.7 Å². The zero-order chi connectivity index (χ0) is 9.65. The summed E-state index contributed by atoms with van der Waals surface area (Å²) in [7, 11) is -3.64. The van der Waals surface area contributed by atoms with Gasteiger partial charge in [-0.2, -0.15) is 0 Å². The predicted molar refractivity (Wildman–Crippen MR) is 39.5 cm³/mol. The first-order valence-corrected chi connectivity index (χ1v) is 4.32. The molecule has 0 aliphatic carbocycles. The van der Waals surface area contributed by atoms with Gasteiger partial charge >= 0.3 is 13.6 Å². The molecule has 0 fully saturated rings. The lowest BCUT2D eigenvalue weighted by Gasteiger charge is -1.90. The van der Waals surface area contributed by atoms with E-state index in [0.717, 1.165) is 0 Å². The highest BCUT2D eigenvalue weighted by Crippen LogP contribution is 2.13. The minimum atomic E-state index is -3.64. The van der Waals surface area contributed by atoms with Gasteiger partial charge in [0.1, 0.15) is 6.04 Å². The van der Waals surface area contributed by atoms with Crippen LogP contribution in [0.5, 0.6) is 0 Å². The van der Waals surface area contributed by atoms with Crippen molar-refractivity contribution in [3.63, 3.8) is 0 Å². The fourth-order valence-corrected chi connectivity index (χ4v) is 0. The first kappa shape index (κ1) is 13.2. The maximum Gasteiger partial charge on any atom is 0.332 e. The van der Waals surface area contributed by atoms with Crippen LogP contribution in [0.2, 0.25) is 0 Å². The summed E-state index contributed by atoms with van der Waals surface area (Å²) in [5.74, 6) is -0.963. The van der Waals surface area contributed by atoms with E-state index in [1.54, 1.807) is 0 Å². The van der Waals surface area contributed by atoms with Crippen molar-refractivity contribution in [2.45, 2.75) is 13.0 Å². The number of carboxylic acids is 1. The minimum Gasteiger partial charge on any atom is -0.480 e. The fraction of sp³-hybridized carbons (Fsp3) is 0.667. The molecule has 8 N–H and O–H groups in total. The zero-order valence-electron chi connectivity index (χ0n) is 5.97. The predicted octanol–water partition coefficient (Wildman–Crippen LogP) is -1.58. The van der Waals surface area contributed by atoms with Crippen molar-refractivity contribution in [1.29, 1.82) is 0 Å². The van der Waals surface area contributed by atoms with Crippen LogP contribution < -0.4 is 16.7 Å². The number of carboxylic acid groups (broad SMARTS) is 1. The van der Waals surface area contributed by atoms with Crippen LogP contribution in [0.1, 0.15) is 6.92 Å². The van der Waals surface area contributed by atoms with Crippen LogP contribution in [-0.2, 0) is 9.36 Å². The molecular weight excluding hydrogens is 173 g/mol. The number of carbonyl (C=O) groups is 1. The molecule has 7 nitrogen and oxygen atoms in total. The Labute approximate surface area is 63.7 Å². The van der Waals surface area contributed by atoms with Crippen LogP contribution in [0.4, 0.5) is 0 Å². The molecular formula is C3H12N3O4P. The fourth-order valence-electron chi connectivity index (χ4n) is 0. The zero-order valence-corrected chi connectivity index (χ0v) is 6.86. The van der Waals surface area contributed by atoms with Gasteiger partial charge in [-0.25, -0.2) is 11.0 Å². The SMILES string of the molecule is C[C@H](N)C(=O)O.NP(N)(=O)O. The van der Waals surface area contributed by atoms with Crippen molar-refractivity contribution in [3.05, 3.63) is 0 Å². The molecule has 0 amide bonds. The van der Waals surface area contributed by atoms with E-state index < -0.39 is 19.7 Å². The van der Waals surface area contributed by atoms with Crippen LogP contribution in [0.3, 0.4) is 0 Å². The lowest BCUT2D eigenvalue weighted by atomic mass is 10.4. The second kappa shape index (κ2) is 5.22. The highest BCUT2D eigenvalue weighted by Gasteiger charge is 1.99. The first-order valence-electron chi connectivity index (χ1n) is 2.53. The van der Waals surface area contributed by atoms with E-state index in [9.17, 15) is 9.36 Å². The van der Waals surface area contributed by atoms with Gasteiger partial charge < -0.3 is 15.7 Å². The topological polar surface area (TPSA) is 153 Å². The normalized spacial score (nSPS) is 12.8. The molecule has 1 atom stereocenters. The van der Waals surface area contributed by atoms with Gasteiger partial charge in [0.2, 0.25) is 0 Å². The molecule has 0 aromatic heterocycles. The standard InChI is InChI=1S/C3H7NO2.H5N2O2P/c1-2(4)3(5)6;1-5(2,3)4/h2H,4H2,1H3,(H,5,6);(H5,1,2,3,4)/t2-;/m0./s1. The largest absolute Gasteiger partial charge is 0.480 e. The van der Waals surface area contributed by atoms with Gasteiger partial charge in [0.25, 0.3) is 0 Å². The second-order valence-electron chi connectivity index (χ2n) is 1.80. The average Bonchev–Trinajstić information content (AvgIpc) is 1.59. The Hall–Kier alpha value is -0.460. The Bertz CT molecular complexity index is 156. The number of hydrogen-bond donors (Lipinski definition) is 5. The molecule has 0 aromatic carbocycles. The third-order valence-electron chi connectivity index (χ3n) is 0.390. The number of nitrogens with two attached hydrogens (primary N) is 3. The summed E-state index contributed by atoms with van der Waals surface area (Å²) in [4.78, 5) is 17.2. The molecule has 68 valence electrons. The third-order valence-corrected chi connectivity index (χ3v) is 0.390. The van der Waals surface area contributed by atoms with Gasteiger partial charge in [-0.05, 0) is 6.92 Å². The molecule has 0 radical (unpaired) electrons. The van der Waals surface area contributed by atoms with Crippen LogP contribution in [0.15, 0.2) is 0 Å². The summed E-state index contributed by atoms with van der Waals surface area (Å²) in [6, 6.07) is -0.731. The third kappa shape index (κ3) is 43.3. The molecule has 0 aromatic rings. The second-order valence-corrected chi connectivity index (χ2v) is 3.14. The lowest BCUT2D eigenvalue weighted by Crippen LogP contribution is -2.25. The number of aliphatic carboxylic acids is 1. The van der Waals surface area contributed by atoms with Gasteiger partial charge in [0.15, 0.2) is 0 Å². The molecule has 0 saturated heterocycles. The molecule has 0 unspecified atom stereocenters. The summed E-state index contributed by atoms with van der Waals surface area (Å²) >= 11 is 0. The van der Waals surface area contributed by atoms with E-state index in [-0.39, 0.29) is 0 Å². The van der Waals surface area contributed by atoms with Gasteiger partial charge in [-0.15, -0.1) is 0 Å². The molecule has 8 heteroatoms. The van der Waals surface area contributed by atoms with Crippen molar-refractivity contribution >= 4 is 13.6 Å². The average molecular weight is 185 g/mol. The van der Waals surface area contributed by atoms with Crippen LogP contribution in [0, 0.1) is 0 Å². The van der Waals surface area contributed by atoms with Crippen molar-refractivity contribution in [3.8, 4) is 0 Å². The quantitative estimate of drug-likeness (QED) is 0.309. The maximum atomic E-state index is 9.57. The van der Waals surface area contributed by atoms with Gasteiger partial charge in [0.05, 0.1) is 0 Å². The van der Waals surface area contributed by atoms with E-state index in [0.29, 0.717) is 0 Å². The highest BCUT2D eigenvalue weighted by atomic mass is 31.2. The van der Waals surface area contributed by atoms with Crippen molar-refractivity contribution in [2.75, 3.05) is 0 Å². The van der Waals surface area contributed by atoms with Crippen LogP contribution in [0.25, 0.3) is 0 Å². The molecule has 0 aliphatic heterocycles. The Kier molecular flexibility index (Phi) is 6.25. The van der Waals surface area contributed by atoms with Crippen molar-refractivity contribution in [1.82, 2.24) is 0 Å². The Balaban J connectivity index is 0. The summed E-state index contributed by atoms with van der Waals surface area (Å²) in [6.45, 7) is 1.42. The van der Waals surface area contributed by atoms with E-state index in [1.807, 2.05) is 0 Å². The van der Waals surface area contributed by atoms with Gasteiger partial charge in [-0.3, -0.25) is 9.36 Å². The molecule has 11 heavy (non-hydrogen) atoms. The number of hydrogen-bond acceptors (Lipinski definition) is 3. The Morgan fingerprint density at radius 3 is 1.64 bits per heavy atom. The van der Waals surface area contributed by atoms with Crippen molar-refractivity contribution in [2.24, 2.45) is 16.7 Å². The van der Waals surface area contributed by atoms with Gasteiger partial charge in [0, 0.05) is 0 Å². The molecule has 0 aliphatic rings. The molecule has 0 heterocycles. The Morgan fingerprint density at radius 1 is 1.55 bits per heavy atom. The Morgan fingerprint density at radius 2 is 1.64 bits per heavy atom. The first-order chi connectivity index (χ1) is 4.64. The molecule has 0 rings (SSSR count). The monoisotopic (exact) mass is 185 g/mol. The van der Waals surface area contributed by atoms with Crippen molar-refractivity contribution < 1.29 is 19.4 Å². The number of rotatable bonds is 1. The highest BCUT2D eigenvalue weighted by molar-refractivity contribution is 7.52. The van der Waals surface area contributed by atoms with E-state index in [2.05, 4.69) is 11.0 Å². The van der Waals surface area contributed by atoms with Crippen LogP contribution in [-0.4, -0.2) is 22.0 Å². The minimum absolute atomic E-state index is 0.731. The van der Waals surface area contributed by atoms with Crippen LogP contribution >= 0.6 is 7.67 Å². The maximum absolute atomic E-state index is 9.57. The summed E-state index contributed by atoms with van der Waals surface area (Å²) in [5, 5.41) is 7.87.